The highest BCUT2D eigenvalue weighted by molar-refractivity contribution is 7.80. The van der Waals surface area contributed by atoms with E-state index in [9.17, 15) is 0 Å². The van der Waals surface area contributed by atoms with Crippen molar-refractivity contribution >= 4 is 12.6 Å². The summed E-state index contributed by atoms with van der Waals surface area (Å²) in [6.45, 7) is 11.8. The first-order valence-electron chi connectivity index (χ1n) is 9.09. The number of rotatable bonds is 13. The molecule has 0 amide bonds. The average Bonchev–Trinajstić information content (AvgIpc) is 2.39. The Labute approximate surface area is 134 Å². The molecule has 0 saturated heterocycles. The lowest BCUT2D eigenvalue weighted by molar-refractivity contribution is 0.272. The first kappa shape index (κ1) is 20.3. The molecule has 0 saturated carbocycles. The number of hydrogen-bond donors (Lipinski definition) is 1. The molecular formula is C19H40S. The van der Waals surface area contributed by atoms with Crippen LogP contribution in [0.4, 0.5) is 0 Å². The van der Waals surface area contributed by atoms with Crippen LogP contribution in [0, 0.1) is 11.3 Å². The molecule has 0 rings (SSSR count). The van der Waals surface area contributed by atoms with Gasteiger partial charge in [-0.05, 0) is 35.8 Å². The molecule has 2 unspecified atom stereocenters. The summed E-state index contributed by atoms with van der Waals surface area (Å²) in [5, 5.41) is 0.552. The lowest BCUT2D eigenvalue weighted by atomic mass is 9.80. The highest BCUT2D eigenvalue weighted by Crippen LogP contribution is 2.32. The Bertz CT molecular complexity index is 208. The molecule has 1 heteroatoms. The topological polar surface area (TPSA) is 0 Å². The molecule has 2 atom stereocenters. The van der Waals surface area contributed by atoms with Crippen molar-refractivity contribution in [2.75, 3.05) is 0 Å². The van der Waals surface area contributed by atoms with E-state index in [4.69, 9.17) is 0 Å². The molecular weight excluding hydrogens is 260 g/mol. The molecule has 0 aromatic carbocycles. The molecule has 0 aromatic rings. The molecule has 0 aliphatic heterocycles. The Kier molecular flexibility index (Phi) is 12.2. The van der Waals surface area contributed by atoms with Crippen molar-refractivity contribution in [1.82, 2.24) is 0 Å². The highest BCUT2D eigenvalue weighted by atomic mass is 32.1. The Morgan fingerprint density at radius 3 is 2.05 bits per heavy atom. The van der Waals surface area contributed by atoms with Gasteiger partial charge in [0.2, 0.25) is 0 Å². The molecule has 20 heavy (non-hydrogen) atoms. The minimum absolute atomic E-state index is 0.511. The minimum Gasteiger partial charge on any atom is -0.176 e. The lowest BCUT2D eigenvalue weighted by Crippen LogP contribution is -2.13. The first-order valence-corrected chi connectivity index (χ1v) is 9.61. The molecule has 0 spiro atoms. The molecule has 0 radical (unpaired) electrons. The van der Waals surface area contributed by atoms with Crippen LogP contribution in [0.1, 0.15) is 105 Å². The quantitative estimate of drug-likeness (QED) is 0.268. The molecule has 0 nitrogen and oxygen atoms in total. The van der Waals surface area contributed by atoms with Crippen molar-refractivity contribution in [3.8, 4) is 0 Å². The summed E-state index contributed by atoms with van der Waals surface area (Å²) in [5.74, 6) is 0.978. The van der Waals surface area contributed by atoms with E-state index in [0.717, 1.165) is 5.92 Å². The standard InChI is InChI=1S/C19H40S/c1-6-8-9-10-12-18(7-2)13-11-15-19(4,5)16-14-17(3)20/h17-18,20H,6-16H2,1-5H3. The minimum atomic E-state index is 0.511. The van der Waals surface area contributed by atoms with E-state index in [1.165, 1.54) is 70.6 Å². The number of unbranched alkanes of at least 4 members (excludes halogenated alkanes) is 3. The van der Waals surface area contributed by atoms with Gasteiger partial charge in [-0.25, -0.2) is 0 Å². The van der Waals surface area contributed by atoms with Gasteiger partial charge in [0.05, 0.1) is 0 Å². The van der Waals surface area contributed by atoms with Gasteiger partial charge in [0.15, 0.2) is 0 Å². The van der Waals surface area contributed by atoms with E-state index in [0.29, 0.717) is 10.7 Å². The van der Waals surface area contributed by atoms with Crippen molar-refractivity contribution in [2.45, 2.75) is 110 Å². The Hall–Kier alpha value is 0.350. The Morgan fingerprint density at radius 1 is 0.850 bits per heavy atom. The van der Waals surface area contributed by atoms with Crippen LogP contribution in [0.2, 0.25) is 0 Å². The van der Waals surface area contributed by atoms with Crippen LogP contribution in [-0.2, 0) is 0 Å². The van der Waals surface area contributed by atoms with Crippen LogP contribution in [-0.4, -0.2) is 5.25 Å². The second-order valence-electron chi connectivity index (χ2n) is 7.57. The SMILES string of the molecule is CCCCCCC(CC)CCCC(C)(C)CCC(C)S. The van der Waals surface area contributed by atoms with Gasteiger partial charge in [0.1, 0.15) is 0 Å². The van der Waals surface area contributed by atoms with E-state index in [2.05, 4.69) is 47.2 Å². The zero-order valence-electron chi connectivity index (χ0n) is 14.9. The Morgan fingerprint density at radius 2 is 1.50 bits per heavy atom. The molecule has 0 aromatic heterocycles. The van der Waals surface area contributed by atoms with Crippen molar-refractivity contribution in [3.63, 3.8) is 0 Å². The molecule has 0 aliphatic carbocycles. The molecule has 0 aliphatic rings. The smallest absolute Gasteiger partial charge is 0.00114 e. The second kappa shape index (κ2) is 12.0. The molecule has 0 bridgehead atoms. The maximum absolute atomic E-state index is 4.50. The number of thiol groups is 1. The van der Waals surface area contributed by atoms with Crippen molar-refractivity contribution < 1.29 is 0 Å². The highest BCUT2D eigenvalue weighted by Gasteiger charge is 2.18. The predicted molar refractivity (Wildman–Crippen MR) is 97.9 cm³/mol. The third kappa shape index (κ3) is 12.1. The third-order valence-corrected chi connectivity index (χ3v) is 5.01. The summed E-state index contributed by atoms with van der Waals surface area (Å²) < 4.78 is 0. The van der Waals surface area contributed by atoms with E-state index in [-0.39, 0.29) is 0 Å². The zero-order valence-corrected chi connectivity index (χ0v) is 15.8. The summed E-state index contributed by atoms with van der Waals surface area (Å²) in [7, 11) is 0. The van der Waals surface area contributed by atoms with Gasteiger partial charge < -0.3 is 0 Å². The molecule has 0 fully saturated rings. The zero-order chi connectivity index (χ0) is 15.4. The van der Waals surface area contributed by atoms with Gasteiger partial charge in [-0.2, -0.15) is 12.6 Å². The van der Waals surface area contributed by atoms with E-state index < -0.39 is 0 Å². The van der Waals surface area contributed by atoms with E-state index in [1.807, 2.05) is 0 Å². The summed E-state index contributed by atoms with van der Waals surface area (Å²) >= 11 is 4.50. The Balaban J connectivity index is 3.76. The van der Waals surface area contributed by atoms with E-state index in [1.54, 1.807) is 0 Å². The average molecular weight is 301 g/mol. The van der Waals surface area contributed by atoms with Crippen molar-refractivity contribution in [1.29, 1.82) is 0 Å². The summed E-state index contributed by atoms with van der Waals surface area (Å²) in [4.78, 5) is 0. The van der Waals surface area contributed by atoms with Gasteiger partial charge >= 0.3 is 0 Å². The van der Waals surface area contributed by atoms with Crippen molar-refractivity contribution in [3.05, 3.63) is 0 Å². The van der Waals surface area contributed by atoms with Gasteiger partial charge in [-0.3, -0.25) is 0 Å². The van der Waals surface area contributed by atoms with Crippen LogP contribution in [0.15, 0.2) is 0 Å². The van der Waals surface area contributed by atoms with Gasteiger partial charge in [0, 0.05) is 0 Å². The normalized spacial score (nSPS) is 15.3. The maximum atomic E-state index is 4.50. The van der Waals surface area contributed by atoms with Crippen LogP contribution < -0.4 is 0 Å². The predicted octanol–water partition coefficient (Wildman–Crippen LogP) is 7.28. The largest absolute Gasteiger partial charge is 0.176 e. The fraction of sp³-hybridized carbons (Fsp3) is 1.00. The first-order chi connectivity index (χ1) is 9.41. The third-order valence-electron chi connectivity index (χ3n) is 4.75. The number of hydrogen-bond acceptors (Lipinski definition) is 1. The maximum Gasteiger partial charge on any atom is -0.00114 e. The van der Waals surface area contributed by atoms with Gasteiger partial charge in [-0.1, -0.05) is 86.0 Å². The molecule has 0 N–H and O–H groups in total. The van der Waals surface area contributed by atoms with E-state index >= 15 is 0 Å². The summed E-state index contributed by atoms with van der Waals surface area (Å²) in [5.41, 5.74) is 0.511. The second-order valence-corrected chi connectivity index (χ2v) is 8.45. The lowest BCUT2D eigenvalue weighted by Gasteiger charge is -2.26. The fourth-order valence-electron chi connectivity index (χ4n) is 3.01. The van der Waals surface area contributed by atoms with Crippen LogP contribution in [0.25, 0.3) is 0 Å². The van der Waals surface area contributed by atoms with Gasteiger partial charge in [-0.15, -0.1) is 0 Å². The van der Waals surface area contributed by atoms with Crippen LogP contribution in [0.3, 0.4) is 0 Å². The van der Waals surface area contributed by atoms with Crippen LogP contribution in [0.5, 0.6) is 0 Å². The van der Waals surface area contributed by atoms with Crippen molar-refractivity contribution in [2.24, 2.45) is 11.3 Å². The van der Waals surface area contributed by atoms with Crippen LogP contribution >= 0.6 is 12.6 Å². The monoisotopic (exact) mass is 300 g/mol. The molecule has 122 valence electrons. The van der Waals surface area contributed by atoms with Gasteiger partial charge in [0.25, 0.3) is 0 Å². The molecule has 0 heterocycles. The summed E-state index contributed by atoms with van der Waals surface area (Å²) in [6, 6.07) is 0. The fourth-order valence-corrected chi connectivity index (χ4v) is 3.14. The summed E-state index contributed by atoms with van der Waals surface area (Å²) in [6.07, 6.45) is 15.3.